The molecule has 0 heterocycles. The van der Waals surface area contributed by atoms with E-state index in [0.717, 1.165) is 38.5 Å². The molecule has 0 aromatic rings. The smallest absolute Gasteiger partial charge is 0.306 e. The van der Waals surface area contributed by atoms with Gasteiger partial charge in [-0.15, -0.1) is 0 Å². The highest BCUT2D eigenvalue weighted by molar-refractivity contribution is 5.70. The molecule has 0 aromatic heterocycles. The van der Waals surface area contributed by atoms with E-state index in [9.17, 15) is 14.7 Å². The van der Waals surface area contributed by atoms with Gasteiger partial charge in [-0.2, -0.15) is 0 Å². The summed E-state index contributed by atoms with van der Waals surface area (Å²) < 4.78 is 10.6. The number of hydrogen-bond acceptors (Lipinski definition) is 5. The SMILES string of the molecule is CCCCCCCCCC/C=C\CCCCCCCCCCCCCCCCCCCCCC(=O)OC(CO)COC(=O)CCCCCCCCC. The van der Waals surface area contributed by atoms with E-state index in [1.165, 1.54) is 193 Å². The Labute approximate surface area is 324 Å². The molecule has 1 atom stereocenters. The third kappa shape index (κ3) is 41.4. The summed E-state index contributed by atoms with van der Waals surface area (Å²) in [7, 11) is 0. The van der Waals surface area contributed by atoms with Gasteiger partial charge in [-0.05, 0) is 38.5 Å². The topological polar surface area (TPSA) is 72.8 Å². The summed E-state index contributed by atoms with van der Waals surface area (Å²) in [6.07, 6.45) is 51.9. The molecule has 0 aliphatic heterocycles. The van der Waals surface area contributed by atoms with Gasteiger partial charge in [0.15, 0.2) is 6.10 Å². The molecule has 0 rings (SSSR count). The molecule has 0 saturated carbocycles. The van der Waals surface area contributed by atoms with Gasteiger partial charge in [-0.25, -0.2) is 0 Å². The summed E-state index contributed by atoms with van der Waals surface area (Å²) in [4.78, 5) is 24.1. The standard InChI is InChI=1S/C47H90O5/c1-3-5-7-9-11-12-13-14-15-16-17-18-19-20-21-22-23-24-25-26-27-28-29-30-31-32-33-34-36-38-40-42-47(50)52-45(43-48)44-51-46(49)41-39-37-35-10-8-6-4-2/h16-17,45,48H,3-15,18-44H2,1-2H3/b17-16-. The molecule has 0 spiro atoms. The average Bonchev–Trinajstić information content (AvgIpc) is 3.15. The number of hydrogen-bond donors (Lipinski definition) is 1. The Balaban J connectivity index is 3.35. The number of ether oxygens (including phenoxy) is 2. The molecular formula is C47H90O5. The van der Waals surface area contributed by atoms with E-state index in [1.54, 1.807) is 0 Å². The highest BCUT2D eigenvalue weighted by Crippen LogP contribution is 2.16. The lowest BCUT2D eigenvalue weighted by atomic mass is 10.0. The van der Waals surface area contributed by atoms with Crippen LogP contribution in [0.2, 0.25) is 0 Å². The Morgan fingerprint density at radius 1 is 0.423 bits per heavy atom. The molecule has 5 heteroatoms. The third-order valence-corrected chi connectivity index (χ3v) is 10.6. The molecule has 0 saturated heterocycles. The molecular weight excluding hydrogens is 645 g/mol. The second-order valence-electron chi connectivity index (χ2n) is 15.8. The molecule has 0 aliphatic rings. The predicted molar refractivity (Wildman–Crippen MR) is 224 cm³/mol. The van der Waals surface area contributed by atoms with Crippen molar-refractivity contribution in [2.24, 2.45) is 0 Å². The molecule has 308 valence electrons. The lowest BCUT2D eigenvalue weighted by Gasteiger charge is -2.15. The van der Waals surface area contributed by atoms with E-state index < -0.39 is 6.10 Å². The molecule has 1 unspecified atom stereocenters. The third-order valence-electron chi connectivity index (χ3n) is 10.6. The van der Waals surface area contributed by atoms with Gasteiger partial charge in [-0.3, -0.25) is 9.59 Å². The first kappa shape index (κ1) is 50.6. The minimum atomic E-state index is -0.762. The van der Waals surface area contributed by atoms with Crippen LogP contribution >= 0.6 is 0 Å². The lowest BCUT2D eigenvalue weighted by Crippen LogP contribution is -2.28. The second kappa shape index (κ2) is 44.0. The quantitative estimate of drug-likeness (QED) is 0.0383. The van der Waals surface area contributed by atoms with Crippen molar-refractivity contribution < 1.29 is 24.2 Å². The van der Waals surface area contributed by atoms with Crippen LogP contribution in [-0.4, -0.2) is 36.4 Å². The number of rotatable bonds is 43. The Bertz CT molecular complexity index is 750. The Morgan fingerprint density at radius 2 is 0.712 bits per heavy atom. The van der Waals surface area contributed by atoms with E-state index in [1.807, 2.05) is 0 Å². The van der Waals surface area contributed by atoms with Gasteiger partial charge >= 0.3 is 11.9 Å². The Kier molecular flexibility index (Phi) is 42.9. The maximum absolute atomic E-state index is 12.2. The van der Waals surface area contributed by atoms with Crippen LogP contribution in [0.3, 0.4) is 0 Å². The van der Waals surface area contributed by atoms with Gasteiger partial charge in [0, 0.05) is 12.8 Å². The molecule has 0 bridgehead atoms. The predicted octanol–water partition coefficient (Wildman–Crippen LogP) is 14.9. The van der Waals surface area contributed by atoms with E-state index in [-0.39, 0.29) is 25.2 Å². The largest absolute Gasteiger partial charge is 0.462 e. The van der Waals surface area contributed by atoms with Crippen molar-refractivity contribution >= 4 is 11.9 Å². The molecule has 0 fully saturated rings. The van der Waals surface area contributed by atoms with Crippen LogP contribution in [-0.2, 0) is 19.1 Å². The summed E-state index contributed by atoms with van der Waals surface area (Å²) in [5, 5.41) is 9.52. The summed E-state index contributed by atoms with van der Waals surface area (Å²) in [6, 6.07) is 0. The maximum atomic E-state index is 12.2. The van der Waals surface area contributed by atoms with Crippen molar-refractivity contribution in [1.29, 1.82) is 0 Å². The molecule has 5 nitrogen and oxygen atoms in total. The fourth-order valence-corrected chi connectivity index (χ4v) is 7.02. The first-order valence-electron chi connectivity index (χ1n) is 23.2. The van der Waals surface area contributed by atoms with E-state index in [4.69, 9.17) is 9.47 Å². The fraction of sp³-hybridized carbons (Fsp3) is 0.915. The van der Waals surface area contributed by atoms with Crippen LogP contribution in [0.25, 0.3) is 0 Å². The zero-order valence-corrected chi connectivity index (χ0v) is 35.1. The second-order valence-corrected chi connectivity index (χ2v) is 15.8. The van der Waals surface area contributed by atoms with Crippen molar-refractivity contribution in [3.8, 4) is 0 Å². The van der Waals surface area contributed by atoms with Crippen LogP contribution in [0.4, 0.5) is 0 Å². The number of unbranched alkanes of at least 4 members (excludes halogenated alkanes) is 33. The van der Waals surface area contributed by atoms with Crippen LogP contribution in [0, 0.1) is 0 Å². The first-order chi connectivity index (χ1) is 25.6. The lowest BCUT2D eigenvalue weighted by molar-refractivity contribution is -0.161. The van der Waals surface area contributed by atoms with Gasteiger partial charge < -0.3 is 14.6 Å². The van der Waals surface area contributed by atoms with Gasteiger partial charge in [0.25, 0.3) is 0 Å². The summed E-state index contributed by atoms with van der Waals surface area (Å²) >= 11 is 0. The minimum absolute atomic E-state index is 0.0598. The molecule has 0 radical (unpaired) electrons. The average molecular weight is 735 g/mol. The van der Waals surface area contributed by atoms with E-state index >= 15 is 0 Å². The van der Waals surface area contributed by atoms with Crippen molar-refractivity contribution in [3.05, 3.63) is 12.2 Å². The number of carbonyl (C=O) groups excluding carboxylic acids is 2. The van der Waals surface area contributed by atoms with Gasteiger partial charge in [0.1, 0.15) is 6.61 Å². The van der Waals surface area contributed by atoms with Crippen molar-refractivity contribution in [1.82, 2.24) is 0 Å². The monoisotopic (exact) mass is 735 g/mol. The van der Waals surface area contributed by atoms with E-state index in [2.05, 4.69) is 26.0 Å². The van der Waals surface area contributed by atoms with Crippen molar-refractivity contribution in [2.75, 3.05) is 13.2 Å². The summed E-state index contributed by atoms with van der Waals surface area (Å²) in [5.41, 5.74) is 0. The molecule has 0 aliphatic carbocycles. The number of aliphatic hydroxyl groups is 1. The highest BCUT2D eigenvalue weighted by atomic mass is 16.6. The highest BCUT2D eigenvalue weighted by Gasteiger charge is 2.16. The number of aliphatic hydroxyl groups excluding tert-OH is 1. The summed E-state index contributed by atoms with van der Waals surface area (Å²) in [5.74, 6) is -0.585. The van der Waals surface area contributed by atoms with Crippen molar-refractivity contribution in [2.45, 2.75) is 264 Å². The van der Waals surface area contributed by atoms with E-state index in [0.29, 0.717) is 12.8 Å². The normalized spacial score (nSPS) is 12.1. The number of esters is 2. The van der Waals surface area contributed by atoms with Gasteiger partial charge in [0.05, 0.1) is 6.61 Å². The van der Waals surface area contributed by atoms with Gasteiger partial charge in [-0.1, -0.05) is 219 Å². The number of allylic oxidation sites excluding steroid dienone is 2. The van der Waals surface area contributed by atoms with Crippen LogP contribution < -0.4 is 0 Å². The van der Waals surface area contributed by atoms with Gasteiger partial charge in [0.2, 0.25) is 0 Å². The summed E-state index contributed by atoms with van der Waals surface area (Å²) in [6.45, 7) is 4.11. The Morgan fingerprint density at radius 3 is 1.04 bits per heavy atom. The maximum Gasteiger partial charge on any atom is 0.306 e. The zero-order chi connectivity index (χ0) is 37.8. The molecule has 0 amide bonds. The van der Waals surface area contributed by atoms with Crippen LogP contribution in [0.1, 0.15) is 258 Å². The molecule has 1 N–H and O–H groups in total. The minimum Gasteiger partial charge on any atom is -0.462 e. The van der Waals surface area contributed by atoms with Crippen LogP contribution in [0.5, 0.6) is 0 Å². The first-order valence-corrected chi connectivity index (χ1v) is 23.2. The number of carbonyl (C=O) groups is 2. The van der Waals surface area contributed by atoms with Crippen LogP contribution in [0.15, 0.2) is 12.2 Å². The fourth-order valence-electron chi connectivity index (χ4n) is 7.02. The molecule has 0 aromatic carbocycles. The van der Waals surface area contributed by atoms with Crippen molar-refractivity contribution in [3.63, 3.8) is 0 Å². The zero-order valence-electron chi connectivity index (χ0n) is 35.1. The molecule has 52 heavy (non-hydrogen) atoms. The Hall–Kier alpha value is -1.36.